The fourth-order valence-corrected chi connectivity index (χ4v) is 1.75. The van der Waals surface area contributed by atoms with Crippen molar-refractivity contribution in [2.24, 2.45) is 0 Å². The Morgan fingerprint density at radius 1 is 1.56 bits per heavy atom. The van der Waals surface area contributed by atoms with Crippen molar-refractivity contribution in [2.75, 3.05) is 7.11 Å². The van der Waals surface area contributed by atoms with Gasteiger partial charge in [-0.05, 0) is 18.6 Å². The summed E-state index contributed by atoms with van der Waals surface area (Å²) < 4.78 is 4.82. The van der Waals surface area contributed by atoms with Crippen LogP contribution in [0.2, 0.25) is 5.02 Å². The van der Waals surface area contributed by atoms with Crippen LogP contribution in [-0.2, 0) is 4.79 Å². The van der Waals surface area contributed by atoms with Crippen molar-refractivity contribution >= 4 is 17.6 Å². The van der Waals surface area contributed by atoms with Crippen LogP contribution in [0.25, 0.3) is 0 Å². The lowest BCUT2D eigenvalue weighted by Crippen LogP contribution is -2.12. The lowest BCUT2D eigenvalue weighted by Gasteiger charge is -2.15. The molecule has 1 unspecified atom stereocenters. The molecule has 0 heterocycles. The number of halogens is 1. The zero-order valence-electron chi connectivity index (χ0n) is 8.69. The molecule has 0 radical (unpaired) electrons. The third kappa shape index (κ3) is 2.05. The monoisotopic (exact) mass is 246 g/mol. The first-order valence-corrected chi connectivity index (χ1v) is 4.74. The second-order valence-electron chi connectivity index (χ2n) is 3.21. The molecule has 1 aromatic rings. The number of ether oxygens (including phenoxy) is 1. The van der Waals surface area contributed by atoms with Crippen molar-refractivity contribution in [1.29, 1.82) is 0 Å². The van der Waals surface area contributed by atoms with Gasteiger partial charge in [-0.25, -0.2) is 4.79 Å². The molecule has 0 spiro atoms. The van der Waals surface area contributed by atoms with Crippen LogP contribution in [0.15, 0.2) is 6.07 Å². The summed E-state index contributed by atoms with van der Waals surface area (Å²) in [5, 5.41) is 28.0. The van der Waals surface area contributed by atoms with E-state index in [4.69, 9.17) is 21.4 Å². The first kappa shape index (κ1) is 12.6. The van der Waals surface area contributed by atoms with E-state index in [1.54, 1.807) is 0 Å². The zero-order valence-corrected chi connectivity index (χ0v) is 9.45. The minimum absolute atomic E-state index is 0.0532. The van der Waals surface area contributed by atoms with Crippen LogP contribution in [0.1, 0.15) is 17.2 Å². The number of methoxy groups -OCH3 is 1. The van der Waals surface area contributed by atoms with Crippen molar-refractivity contribution in [1.82, 2.24) is 0 Å². The predicted molar refractivity (Wildman–Crippen MR) is 57.0 cm³/mol. The minimum atomic E-state index is -1.81. The van der Waals surface area contributed by atoms with Crippen LogP contribution in [0, 0.1) is 6.92 Å². The van der Waals surface area contributed by atoms with Crippen molar-refractivity contribution in [2.45, 2.75) is 13.0 Å². The number of carboxylic acid groups (broad SMARTS) is 1. The normalized spacial score (nSPS) is 12.2. The van der Waals surface area contributed by atoms with Crippen LogP contribution in [0.3, 0.4) is 0 Å². The standard InChI is InChI=1S/C10H11ClO5/c1-4-3-5(11)9(16-2)7(12)6(4)8(13)10(14)15/h3,8,12-13H,1-2H3,(H,14,15). The number of aliphatic carboxylic acids is 1. The Hall–Kier alpha value is -1.46. The molecule has 16 heavy (non-hydrogen) atoms. The highest BCUT2D eigenvalue weighted by molar-refractivity contribution is 6.32. The van der Waals surface area contributed by atoms with Crippen molar-refractivity contribution in [3.8, 4) is 11.5 Å². The van der Waals surface area contributed by atoms with Gasteiger partial charge in [0.1, 0.15) is 0 Å². The molecule has 0 aliphatic rings. The van der Waals surface area contributed by atoms with Crippen molar-refractivity contribution < 1.29 is 24.9 Å². The molecule has 0 bridgehead atoms. The Bertz CT molecular complexity index is 430. The topological polar surface area (TPSA) is 87.0 Å². The number of rotatable bonds is 3. The number of phenols is 1. The molecule has 0 saturated heterocycles. The van der Waals surface area contributed by atoms with Gasteiger partial charge < -0.3 is 20.1 Å². The molecular formula is C10H11ClO5. The summed E-state index contributed by atoms with van der Waals surface area (Å²) >= 11 is 5.78. The van der Waals surface area contributed by atoms with Crippen LogP contribution >= 0.6 is 11.6 Å². The molecule has 0 aromatic heterocycles. The fraction of sp³-hybridized carbons (Fsp3) is 0.300. The quantitative estimate of drug-likeness (QED) is 0.752. The van der Waals surface area contributed by atoms with E-state index < -0.39 is 17.8 Å². The molecule has 6 heteroatoms. The maximum Gasteiger partial charge on any atom is 0.337 e. The largest absolute Gasteiger partial charge is 0.504 e. The van der Waals surface area contributed by atoms with E-state index in [2.05, 4.69) is 0 Å². The van der Waals surface area contributed by atoms with E-state index >= 15 is 0 Å². The molecule has 1 rings (SSSR count). The maximum absolute atomic E-state index is 10.7. The van der Waals surface area contributed by atoms with E-state index in [-0.39, 0.29) is 16.3 Å². The Kier molecular flexibility index (Phi) is 3.62. The van der Waals surface area contributed by atoms with Crippen molar-refractivity contribution in [3.63, 3.8) is 0 Å². The number of aromatic hydroxyl groups is 1. The Balaban J connectivity index is 3.45. The first-order valence-electron chi connectivity index (χ1n) is 4.37. The summed E-state index contributed by atoms with van der Waals surface area (Å²) in [5.41, 5.74) is 0.256. The number of benzene rings is 1. The highest BCUT2D eigenvalue weighted by atomic mass is 35.5. The summed E-state index contributed by atoms with van der Waals surface area (Å²) in [4.78, 5) is 10.7. The molecule has 0 amide bonds. The number of carbonyl (C=O) groups is 1. The second-order valence-corrected chi connectivity index (χ2v) is 3.62. The van der Waals surface area contributed by atoms with E-state index in [0.29, 0.717) is 5.56 Å². The highest BCUT2D eigenvalue weighted by Gasteiger charge is 2.25. The Morgan fingerprint density at radius 2 is 2.12 bits per heavy atom. The third-order valence-corrected chi connectivity index (χ3v) is 2.45. The SMILES string of the molecule is COc1c(Cl)cc(C)c(C(O)C(=O)O)c1O. The van der Waals surface area contributed by atoms with Crippen LogP contribution < -0.4 is 4.74 Å². The maximum atomic E-state index is 10.7. The molecule has 0 saturated carbocycles. The number of phenolic OH excluding ortho intramolecular Hbond substituents is 1. The average molecular weight is 247 g/mol. The lowest BCUT2D eigenvalue weighted by atomic mass is 10.0. The molecular weight excluding hydrogens is 236 g/mol. The van der Waals surface area contributed by atoms with Gasteiger partial charge in [0.15, 0.2) is 17.6 Å². The van der Waals surface area contributed by atoms with Crippen LogP contribution in [-0.4, -0.2) is 28.4 Å². The van der Waals surface area contributed by atoms with Gasteiger partial charge in [0.2, 0.25) is 0 Å². The third-order valence-electron chi connectivity index (χ3n) is 2.17. The number of hydrogen-bond acceptors (Lipinski definition) is 4. The Labute approximate surface area is 96.9 Å². The van der Waals surface area contributed by atoms with Gasteiger partial charge in [0, 0.05) is 5.56 Å². The fourth-order valence-electron chi connectivity index (χ4n) is 1.42. The summed E-state index contributed by atoms with van der Waals surface area (Å²) in [6.07, 6.45) is -1.81. The van der Waals surface area contributed by atoms with Gasteiger partial charge in [-0.2, -0.15) is 0 Å². The number of aryl methyl sites for hydroxylation is 1. The molecule has 0 fully saturated rings. The number of aliphatic hydroxyl groups excluding tert-OH is 1. The summed E-state index contributed by atoms with van der Waals surface area (Å²) in [6.45, 7) is 1.53. The van der Waals surface area contributed by atoms with Gasteiger partial charge >= 0.3 is 5.97 Å². The van der Waals surface area contributed by atoms with Gasteiger partial charge in [-0.15, -0.1) is 0 Å². The average Bonchev–Trinajstić information content (AvgIpc) is 2.17. The van der Waals surface area contributed by atoms with Crippen LogP contribution in [0.4, 0.5) is 0 Å². The summed E-state index contributed by atoms with van der Waals surface area (Å²) in [7, 11) is 1.28. The summed E-state index contributed by atoms with van der Waals surface area (Å²) in [6, 6.07) is 1.42. The number of aliphatic hydroxyl groups is 1. The van der Waals surface area contributed by atoms with E-state index in [0.717, 1.165) is 0 Å². The molecule has 5 nitrogen and oxygen atoms in total. The van der Waals surface area contributed by atoms with Gasteiger partial charge in [-0.1, -0.05) is 11.6 Å². The van der Waals surface area contributed by atoms with E-state index in [1.165, 1.54) is 20.1 Å². The number of carboxylic acids is 1. The first-order chi connectivity index (χ1) is 7.40. The molecule has 0 aliphatic heterocycles. The van der Waals surface area contributed by atoms with Crippen molar-refractivity contribution in [3.05, 3.63) is 22.2 Å². The van der Waals surface area contributed by atoms with E-state index in [9.17, 15) is 15.0 Å². The lowest BCUT2D eigenvalue weighted by molar-refractivity contribution is -0.147. The van der Waals surface area contributed by atoms with Gasteiger partial charge in [0.25, 0.3) is 0 Å². The van der Waals surface area contributed by atoms with Crippen LogP contribution in [0.5, 0.6) is 11.5 Å². The smallest absolute Gasteiger partial charge is 0.337 e. The van der Waals surface area contributed by atoms with Gasteiger partial charge in [0.05, 0.1) is 12.1 Å². The minimum Gasteiger partial charge on any atom is -0.504 e. The predicted octanol–water partition coefficient (Wildman–Crippen LogP) is 1.48. The molecule has 3 N–H and O–H groups in total. The molecule has 1 aromatic carbocycles. The second kappa shape index (κ2) is 4.59. The summed E-state index contributed by atoms with van der Waals surface area (Å²) in [5.74, 6) is -1.97. The van der Waals surface area contributed by atoms with E-state index in [1.807, 2.05) is 0 Å². The molecule has 88 valence electrons. The highest BCUT2D eigenvalue weighted by Crippen LogP contribution is 2.41. The Morgan fingerprint density at radius 3 is 2.56 bits per heavy atom. The molecule has 0 aliphatic carbocycles. The molecule has 1 atom stereocenters. The zero-order chi connectivity index (χ0) is 12.5. The number of hydrogen-bond donors (Lipinski definition) is 3. The van der Waals surface area contributed by atoms with Gasteiger partial charge in [-0.3, -0.25) is 0 Å².